The third kappa shape index (κ3) is 4.22. The summed E-state index contributed by atoms with van der Waals surface area (Å²) in [5.74, 6) is 0.468. The molecule has 0 saturated carbocycles. The molecule has 0 aliphatic rings. The number of hydrogen-bond acceptors (Lipinski definition) is 1. The Morgan fingerprint density at radius 3 is 2.56 bits per heavy atom. The average molecular weight is 288 g/mol. The van der Waals surface area contributed by atoms with Gasteiger partial charge in [0.2, 0.25) is 0 Å². The summed E-state index contributed by atoms with van der Waals surface area (Å²) in [7, 11) is 1.98. The summed E-state index contributed by atoms with van der Waals surface area (Å²) >= 11 is 3.21. The Bertz CT molecular complexity index is 339. The van der Waals surface area contributed by atoms with Gasteiger partial charge >= 0.3 is 0 Å². The van der Waals surface area contributed by atoms with E-state index in [1.54, 1.807) is 0 Å². The molecule has 1 rings (SSSR count). The van der Waals surface area contributed by atoms with Gasteiger partial charge in [0.15, 0.2) is 0 Å². The second-order valence-corrected chi connectivity index (χ2v) is 5.42. The quantitative estimate of drug-likeness (QED) is 0.869. The van der Waals surface area contributed by atoms with E-state index in [4.69, 9.17) is 0 Å². The lowest BCUT2D eigenvalue weighted by Gasteiger charge is -2.18. The van der Waals surface area contributed by atoms with Crippen LogP contribution in [0.2, 0.25) is 0 Å². The van der Waals surface area contributed by atoms with Gasteiger partial charge in [0.25, 0.3) is 0 Å². The van der Waals surface area contributed by atoms with Gasteiger partial charge in [-0.15, -0.1) is 0 Å². The van der Waals surface area contributed by atoms with E-state index in [1.807, 2.05) is 19.2 Å². The van der Waals surface area contributed by atoms with E-state index in [2.05, 4.69) is 35.1 Å². The fraction of sp³-hybridized carbons (Fsp3) is 0.538. The smallest absolute Gasteiger partial charge is 0.137 e. The first-order valence-corrected chi connectivity index (χ1v) is 6.43. The molecule has 1 aromatic rings. The highest BCUT2D eigenvalue weighted by atomic mass is 79.9. The van der Waals surface area contributed by atoms with Crippen molar-refractivity contribution in [3.05, 3.63) is 34.1 Å². The molecule has 1 aromatic carbocycles. The molecule has 1 atom stereocenters. The third-order valence-electron chi connectivity index (χ3n) is 2.63. The van der Waals surface area contributed by atoms with E-state index in [-0.39, 0.29) is 5.82 Å². The molecule has 0 bridgehead atoms. The van der Waals surface area contributed by atoms with Gasteiger partial charge in [-0.05, 0) is 59.4 Å². The second kappa shape index (κ2) is 6.36. The first-order chi connectivity index (χ1) is 7.52. The molecule has 1 unspecified atom stereocenters. The van der Waals surface area contributed by atoms with Crippen LogP contribution in [0.15, 0.2) is 22.7 Å². The van der Waals surface area contributed by atoms with Crippen molar-refractivity contribution in [1.82, 2.24) is 5.32 Å². The van der Waals surface area contributed by atoms with Crippen LogP contribution in [0.3, 0.4) is 0 Å². The molecule has 0 aromatic heterocycles. The predicted octanol–water partition coefficient (Wildman–Crippen LogP) is 3.76. The Balaban J connectivity index is 2.66. The van der Waals surface area contributed by atoms with Crippen LogP contribution in [-0.4, -0.2) is 13.1 Å². The number of benzene rings is 1. The maximum atomic E-state index is 13.1. The van der Waals surface area contributed by atoms with Crippen LogP contribution in [0.4, 0.5) is 4.39 Å². The standard InChI is InChI=1S/C13H19BrFN/c1-9(2)6-11(16-3)7-10-4-5-13(15)12(14)8-10/h4-5,8-9,11,16H,6-7H2,1-3H3. The number of hydrogen-bond donors (Lipinski definition) is 1. The maximum absolute atomic E-state index is 13.1. The van der Waals surface area contributed by atoms with Crippen molar-refractivity contribution in [3.8, 4) is 0 Å². The molecule has 1 N–H and O–H groups in total. The molecule has 0 radical (unpaired) electrons. The van der Waals surface area contributed by atoms with E-state index in [9.17, 15) is 4.39 Å². The molecule has 0 saturated heterocycles. The first kappa shape index (κ1) is 13.7. The number of likely N-dealkylation sites (N-methyl/N-ethyl adjacent to an activating group) is 1. The molecule has 0 amide bonds. The van der Waals surface area contributed by atoms with Crippen LogP contribution in [0.5, 0.6) is 0 Å². The highest BCUT2D eigenvalue weighted by Gasteiger charge is 2.10. The van der Waals surface area contributed by atoms with Crippen LogP contribution < -0.4 is 5.32 Å². The average Bonchev–Trinajstić information content (AvgIpc) is 2.22. The van der Waals surface area contributed by atoms with Crippen molar-refractivity contribution in [2.24, 2.45) is 5.92 Å². The van der Waals surface area contributed by atoms with Crippen molar-refractivity contribution in [2.75, 3.05) is 7.05 Å². The molecule has 0 aliphatic carbocycles. The largest absolute Gasteiger partial charge is 0.317 e. The van der Waals surface area contributed by atoms with Crippen molar-refractivity contribution in [1.29, 1.82) is 0 Å². The number of nitrogens with one attached hydrogen (secondary N) is 1. The minimum Gasteiger partial charge on any atom is -0.317 e. The van der Waals surface area contributed by atoms with Crippen molar-refractivity contribution >= 4 is 15.9 Å². The SMILES string of the molecule is CNC(Cc1ccc(F)c(Br)c1)CC(C)C. The van der Waals surface area contributed by atoms with Crippen molar-refractivity contribution in [2.45, 2.75) is 32.7 Å². The van der Waals surface area contributed by atoms with E-state index in [0.29, 0.717) is 16.4 Å². The monoisotopic (exact) mass is 287 g/mol. The first-order valence-electron chi connectivity index (χ1n) is 5.64. The topological polar surface area (TPSA) is 12.0 Å². The minimum atomic E-state index is -0.200. The zero-order valence-electron chi connectivity index (χ0n) is 10.1. The molecule has 0 aliphatic heterocycles. The van der Waals surface area contributed by atoms with Crippen LogP contribution >= 0.6 is 15.9 Å². The number of halogens is 2. The Morgan fingerprint density at radius 2 is 2.06 bits per heavy atom. The van der Waals surface area contributed by atoms with Gasteiger partial charge in [0.1, 0.15) is 5.82 Å². The lowest BCUT2D eigenvalue weighted by molar-refractivity contribution is 0.440. The van der Waals surface area contributed by atoms with E-state index in [0.717, 1.165) is 18.4 Å². The van der Waals surface area contributed by atoms with E-state index in [1.165, 1.54) is 6.07 Å². The molecule has 0 heterocycles. The molecule has 3 heteroatoms. The minimum absolute atomic E-state index is 0.200. The summed E-state index contributed by atoms with van der Waals surface area (Å²) in [6.45, 7) is 4.43. The number of rotatable bonds is 5. The molecule has 0 fully saturated rings. The molecule has 90 valence electrons. The summed E-state index contributed by atoms with van der Waals surface area (Å²) in [5.41, 5.74) is 1.16. The molecule has 1 nitrogen and oxygen atoms in total. The maximum Gasteiger partial charge on any atom is 0.137 e. The normalized spacial score (nSPS) is 13.1. The van der Waals surface area contributed by atoms with Crippen molar-refractivity contribution < 1.29 is 4.39 Å². The van der Waals surface area contributed by atoms with Gasteiger partial charge < -0.3 is 5.32 Å². The highest BCUT2D eigenvalue weighted by molar-refractivity contribution is 9.10. The zero-order chi connectivity index (χ0) is 12.1. The van der Waals surface area contributed by atoms with E-state index < -0.39 is 0 Å². The molecule has 16 heavy (non-hydrogen) atoms. The summed E-state index contributed by atoms with van der Waals surface area (Å²) in [4.78, 5) is 0. The van der Waals surface area contributed by atoms with Crippen LogP contribution in [0.25, 0.3) is 0 Å². The summed E-state index contributed by atoms with van der Waals surface area (Å²) < 4.78 is 13.6. The van der Waals surface area contributed by atoms with Gasteiger partial charge in [-0.3, -0.25) is 0 Å². The highest BCUT2D eigenvalue weighted by Crippen LogP contribution is 2.19. The molecule has 0 spiro atoms. The third-order valence-corrected chi connectivity index (χ3v) is 3.24. The van der Waals surface area contributed by atoms with E-state index >= 15 is 0 Å². The Hall–Kier alpha value is -0.410. The van der Waals surface area contributed by atoms with Gasteiger partial charge in [-0.2, -0.15) is 0 Å². The van der Waals surface area contributed by atoms with Gasteiger partial charge in [-0.25, -0.2) is 4.39 Å². The molecular weight excluding hydrogens is 269 g/mol. The van der Waals surface area contributed by atoms with Gasteiger partial charge in [-0.1, -0.05) is 19.9 Å². The Kier molecular flexibility index (Phi) is 5.42. The zero-order valence-corrected chi connectivity index (χ0v) is 11.6. The second-order valence-electron chi connectivity index (χ2n) is 4.57. The lowest BCUT2D eigenvalue weighted by Crippen LogP contribution is -2.29. The van der Waals surface area contributed by atoms with Crippen LogP contribution in [-0.2, 0) is 6.42 Å². The van der Waals surface area contributed by atoms with Gasteiger partial charge in [0.05, 0.1) is 4.47 Å². The summed E-state index contributed by atoms with van der Waals surface area (Å²) in [6, 6.07) is 5.68. The lowest BCUT2D eigenvalue weighted by atomic mass is 9.97. The van der Waals surface area contributed by atoms with Gasteiger partial charge in [0, 0.05) is 6.04 Å². The Labute approximate surface area is 106 Å². The summed E-state index contributed by atoms with van der Waals surface area (Å²) in [6.07, 6.45) is 2.07. The van der Waals surface area contributed by atoms with Crippen LogP contribution in [0.1, 0.15) is 25.8 Å². The summed E-state index contributed by atoms with van der Waals surface area (Å²) in [5, 5.41) is 3.31. The fourth-order valence-corrected chi connectivity index (χ4v) is 2.25. The Morgan fingerprint density at radius 1 is 1.38 bits per heavy atom. The predicted molar refractivity (Wildman–Crippen MR) is 70.1 cm³/mol. The molecular formula is C13H19BrFN. The van der Waals surface area contributed by atoms with Crippen molar-refractivity contribution in [3.63, 3.8) is 0 Å². The fourth-order valence-electron chi connectivity index (χ4n) is 1.82. The van der Waals surface area contributed by atoms with Crippen LogP contribution in [0, 0.1) is 11.7 Å².